The van der Waals surface area contributed by atoms with Crippen LogP contribution in [0, 0.1) is 0 Å². The molecule has 0 N–H and O–H groups in total. The summed E-state index contributed by atoms with van der Waals surface area (Å²) in [5, 5.41) is 0. The van der Waals surface area contributed by atoms with E-state index in [4.69, 9.17) is 14.7 Å². The molecule has 56 heavy (non-hydrogen) atoms. The Kier molecular flexibility index (Phi) is 8.38. The van der Waals surface area contributed by atoms with E-state index in [1.165, 1.54) is 16.7 Å². The predicted octanol–water partition coefficient (Wildman–Crippen LogP) is 13.3. The molecule has 2 heterocycles. The summed E-state index contributed by atoms with van der Waals surface area (Å²) < 4.78 is 6.61. The summed E-state index contributed by atoms with van der Waals surface area (Å²) in [7, 11) is 0. The lowest BCUT2D eigenvalue weighted by Crippen LogP contribution is -2.34. The van der Waals surface area contributed by atoms with Crippen molar-refractivity contribution in [3.05, 3.63) is 241 Å². The maximum absolute atomic E-state index is 6.61. The molecule has 1 aromatic heterocycles. The Morgan fingerprint density at radius 3 is 1.39 bits per heavy atom. The Morgan fingerprint density at radius 1 is 0.321 bits per heavy atom. The molecule has 0 saturated carbocycles. The summed E-state index contributed by atoms with van der Waals surface area (Å²) in [4.78, 5) is 10.4. The highest BCUT2D eigenvalue weighted by atomic mass is 16.5. The van der Waals surface area contributed by atoms with E-state index in [0.29, 0.717) is 5.82 Å². The van der Waals surface area contributed by atoms with Crippen molar-refractivity contribution in [1.29, 1.82) is 0 Å². The summed E-state index contributed by atoms with van der Waals surface area (Å²) in [6.07, 6.45) is 0. The molecule has 0 spiro atoms. The summed E-state index contributed by atoms with van der Waals surface area (Å²) in [5.74, 6) is 2.40. The second kappa shape index (κ2) is 14.1. The van der Waals surface area contributed by atoms with Gasteiger partial charge in [0.1, 0.15) is 11.5 Å². The molecule has 0 aliphatic carbocycles. The van der Waals surface area contributed by atoms with Crippen LogP contribution in [0.4, 0.5) is 0 Å². The predicted molar refractivity (Wildman–Crippen MR) is 228 cm³/mol. The number of fused-ring (bicyclic) bond motifs is 2. The van der Waals surface area contributed by atoms with E-state index < -0.39 is 5.41 Å². The molecule has 10 rings (SSSR count). The third kappa shape index (κ3) is 5.78. The molecule has 3 heteroatoms. The molecule has 0 fully saturated rings. The Morgan fingerprint density at radius 2 is 0.768 bits per heavy atom. The highest BCUT2D eigenvalue weighted by Gasteiger charge is 2.46. The number of benzene rings is 8. The van der Waals surface area contributed by atoms with Crippen molar-refractivity contribution in [2.45, 2.75) is 5.41 Å². The van der Waals surface area contributed by atoms with Crippen LogP contribution in [0.3, 0.4) is 0 Å². The smallest absolute Gasteiger partial charge is 0.160 e. The van der Waals surface area contributed by atoms with Crippen LogP contribution in [-0.4, -0.2) is 9.97 Å². The first kappa shape index (κ1) is 33.2. The van der Waals surface area contributed by atoms with Gasteiger partial charge in [0.15, 0.2) is 5.82 Å². The van der Waals surface area contributed by atoms with E-state index in [1.807, 2.05) is 24.3 Å². The quantitative estimate of drug-likeness (QED) is 0.165. The molecular formula is C53H36N2O. The van der Waals surface area contributed by atoms with Gasteiger partial charge in [0.05, 0.1) is 16.8 Å². The lowest BCUT2D eigenvalue weighted by molar-refractivity contribution is 0.434. The zero-order valence-electron chi connectivity index (χ0n) is 30.6. The molecule has 0 atom stereocenters. The fourth-order valence-corrected chi connectivity index (χ4v) is 8.30. The second-order valence-corrected chi connectivity index (χ2v) is 14.1. The van der Waals surface area contributed by atoms with Crippen molar-refractivity contribution >= 4 is 0 Å². The van der Waals surface area contributed by atoms with E-state index in [1.54, 1.807) is 0 Å². The van der Waals surface area contributed by atoms with E-state index in [2.05, 4.69) is 194 Å². The van der Waals surface area contributed by atoms with Crippen LogP contribution in [0.25, 0.3) is 56.2 Å². The van der Waals surface area contributed by atoms with Crippen molar-refractivity contribution in [3.63, 3.8) is 0 Å². The van der Waals surface area contributed by atoms with Crippen LogP contribution in [0.15, 0.2) is 218 Å². The largest absolute Gasteiger partial charge is 0.457 e. The minimum Gasteiger partial charge on any atom is -0.457 e. The molecule has 0 amide bonds. The first-order valence-corrected chi connectivity index (χ1v) is 19.0. The van der Waals surface area contributed by atoms with Gasteiger partial charge in [0.25, 0.3) is 0 Å². The van der Waals surface area contributed by atoms with Crippen molar-refractivity contribution in [2.75, 3.05) is 0 Å². The van der Waals surface area contributed by atoms with Gasteiger partial charge in [0.2, 0.25) is 0 Å². The molecule has 9 aromatic rings. The summed E-state index contributed by atoms with van der Waals surface area (Å²) in [6.45, 7) is 0. The highest BCUT2D eigenvalue weighted by molar-refractivity contribution is 5.82. The molecule has 3 nitrogen and oxygen atoms in total. The Bertz CT molecular complexity index is 2790. The van der Waals surface area contributed by atoms with Gasteiger partial charge in [-0.05, 0) is 63.7 Å². The SMILES string of the molecule is c1ccc(-c2cccc(-c3cc(-c4cccc(-c5ccccc5C5(c6ccccc6)c6ccccc6Oc6ccccc65)c4)nc(-c4ccccc4)n3)c2)cc1. The molecule has 0 radical (unpaired) electrons. The van der Waals surface area contributed by atoms with Crippen LogP contribution in [0.1, 0.15) is 22.3 Å². The normalized spacial score (nSPS) is 12.6. The first-order chi connectivity index (χ1) is 27.8. The maximum atomic E-state index is 6.61. The van der Waals surface area contributed by atoms with E-state index in [-0.39, 0.29) is 0 Å². The van der Waals surface area contributed by atoms with Crippen LogP contribution >= 0.6 is 0 Å². The van der Waals surface area contributed by atoms with Gasteiger partial charge in [-0.1, -0.05) is 188 Å². The fourth-order valence-electron chi connectivity index (χ4n) is 8.30. The van der Waals surface area contributed by atoms with Gasteiger partial charge < -0.3 is 4.74 Å². The van der Waals surface area contributed by atoms with Gasteiger partial charge >= 0.3 is 0 Å². The summed E-state index contributed by atoms with van der Waals surface area (Å²) >= 11 is 0. The van der Waals surface area contributed by atoms with Gasteiger partial charge in [-0.2, -0.15) is 0 Å². The van der Waals surface area contributed by atoms with Crippen molar-refractivity contribution in [2.24, 2.45) is 0 Å². The Hall–Kier alpha value is -7.36. The molecule has 0 saturated heterocycles. The van der Waals surface area contributed by atoms with Crippen LogP contribution < -0.4 is 4.74 Å². The minimum absolute atomic E-state index is 0.647. The number of aromatic nitrogens is 2. The zero-order chi connectivity index (χ0) is 37.3. The highest BCUT2D eigenvalue weighted by Crippen LogP contribution is 2.56. The lowest BCUT2D eigenvalue weighted by Gasteiger charge is -2.42. The fraction of sp³-hybridized carbons (Fsp3) is 0.0189. The molecule has 1 aliphatic heterocycles. The number of ether oxygens (including phenoxy) is 1. The number of hydrogen-bond acceptors (Lipinski definition) is 3. The number of para-hydroxylation sites is 2. The van der Waals surface area contributed by atoms with Gasteiger partial charge in [-0.3, -0.25) is 0 Å². The number of hydrogen-bond donors (Lipinski definition) is 0. The van der Waals surface area contributed by atoms with Gasteiger partial charge in [-0.15, -0.1) is 0 Å². The van der Waals surface area contributed by atoms with Crippen molar-refractivity contribution in [1.82, 2.24) is 9.97 Å². The first-order valence-electron chi connectivity index (χ1n) is 19.0. The molecule has 8 aromatic carbocycles. The lowest BCUT2D eigenvalue weighted by atomic mass is 9.62. The Labute approximate surface area is 327 Å². The average molecular weight is 717 g/mol. The van der Waals surface area contributed by atoms with Crippen molar-refractivity contribution < 1.29 is 4.74 Å². The van der Waals surface area contributed by atoms with Crippen molar-refractivity contribution in [3.8, 4) is 67.7 Å². The topological polar surface area (TPSA) is 35.0 Å². The van der Waals surface area contributed by atoms with Crippen LogP contribution in [-0.2, 0) is 5.41 Å². The third-order valence-corrected chi connectivity index (χ3v) is 10.8. The zero-order valence-corrected chi connectivity index (χ0v) is 30.6. The molecule has 264 valence electrons. The summed E-state index contributed by atoms with van der Waals surface area (Å²) in [6, 6.07) is 76.8. The molecular weight excluding hydrogens is 681 g/mol. The standard InChI is InChI=1S/C53H36N2O/c1-4-18-37(19-5-1)39-22-16-24-41(34-39)48-36-49(55-52(54-48)38-20-6-2-7-21-38)42-25-17-23-40(35-42)44-28-10-11-29-45(44)53(43-26-8-3-9-27-43)46-30-12-14-32-50(46)56-51-33-15-13-31-47(51)53/h1-36H. The van der Waals surface area contributed by atoms with Gasteiger partial charge in [-0.25, -0.2) is 9.97 Å². The monoisotopic (exact) mass is 716 g/mol. The van der Waals surface area contributed by atoms with Crippen LogP contribution in [0.2, 0.25) is 0 Å². The van der Waals surface area contributed by atoms with Crippen LogP contribution in [0.5, 0.6) is 11.5 Å². The molecule has 0 unspecified atom stereocenters. The molecule has 0 bridgehead atoms. The maximum Gasteiger partial charge on any atom is 0.160 e. The number of rotatable bonds is 7. The van der Waals surface area contributed by atoms with E-state index in [0.717, 1.165) is 67.4 Å². The molecule has 1 aliphatic rings. The Balaban J connectivity index is 1.17. The number of nitrogens with zero attached hydrogens (tertiary/aromatic N) is 2. The van der Waals surface area contributed by atoms with E-state index in [9.17, 15) is 0 Å². The van der Waals surface area contributed by atoms with E-state index >= 15 is 0 Å². The van der Waals surface area contributed by atoms with Gasteiger partial charge in [0, 0.05) is 27.8 Å². The average Bonchev–Trinajstić information content (AvgIpc) is 3.29. The third-order valence-electron chi connectivity index (χ3n) is 10.8. The second-order valence-electron chi connectivity index (χ2n) is 14.1. The minimum atomic E-state index is -0.647. The summed E-state index contributed by atoms with van der Waals surface area (Å²) in [5.41, 5.74) is 13.2.